The van der Waals surface area contributed by atoms with Crippen molar-refractivity contribution in [3.63, 3.8) is 0 Å². The molecule has 0 fully saturated rings. The zero-order valence-corrected chi connectivity index (χ0v) is 17.6. The van der Waals surface area contributed by atoms with E-state index in [2.05, 4.69) is 10.3 Å². The van der Waals surface area contributed by atoms with Crippen LogP contribution in [0, 0.1) is 5.82 Å². The first kappa shape index (κ1) is 21.7. The highest BCUT2D eigenvalue weighted by atomic mass is 19.1. The second-order valence-corrected chi connectivity index (χ2v) is 7.42. The van der Waals surface area contributed by atoms with Gasteiger partial charge in [-0.1, -0.05) is 48.5 Å². The molecular weight excluding hydrogens is 409 g/mol. The number of aryl methyl sites for hydroxylation is 1. The predicted molar refractivity (Wildman–Crippen MR) is 120 cm³/mol. The van der Waals surface area contributed by atoms with E-state index in [9.17, 15) is 14.3 Å². The lowest BCUT2D eigenvalue weighted by Gasteiger charge is -2.29. The molecule has 0 aliphatic rings. The minimum absolute atomic E-state index is 0.0946. The van der Waals surface area contributed by atoms with Crippen LogP contribution in [0.3, 0.4) is 0 Å². The summed E-state index contributed by atoms with van der Waals surface area (Å²) in [5.74, 6) is -0.601. The third-order valence-electron chi connectivity index (χ3n) is 5.50. The first-order valence-electron chi connectivity index (χ1n) is 10.4. The Balaban J connectivity index is 1.96. The minimum Gasteiger partial charge on any atom is -0.395 e. The number of carbonyl (C=O) groups is 1. The van der Waals surface area contributed by atoms with Gasteiger partial charge in [0, 0.05) is 24.2 Å². The summed E-state index contributed by atoms with van der Waals surface area (Å²) < 4.78 is 16.8. The maximum Gasteiger partial charge on any atom is 0.251 e. The highest BCUT2D eigenvalue weighted by Gasteiger charge is 2.40. The van der Waals surface area contributed by atoms with Gasteiger partial charge in [0.2, 0.25) is 0 Å². The van der Waals surface area contributed by atoms with Crippen LogP contribution in [-0.2, 0) is 12.1 Å². The number of aromatic nitrogens is 2. The van der Waals surface area contributed by atoms with Crippen molar-refractivity contribution in [2.45, 2.75) is 19.1 Å². The normalized spacial score (nSPS) is 13.1. The molecule has 1 heterocycles. The van der Waals surface area contributed by atoms with E-state index in [1.54, 1.807) is 65.2 Å². The first-order chi connectivity index (χ1) is 15.5. The fourth-order valence-electron chi connectivity index (χ4n) is 3.97. The average Bonchev–Trinajstić information content (AvgIpc) is 3.21. The Morgan fingerprint density at radius 2 is 1.81 bits per heavy atom. The third-order valence-corrected chi connectivity index (χ3v) is 5.50. The van der Waals surface area contributed by atoms with E-state index in [1.165, 1.54) is 6.07 Å². The van der Waals surface area contributed by atoms with E-state index >= 15 is 0 Å². The summed E-state index contributed by atoms with van der Waals surface area (Å²) in [6, 6.07) is 20.0. The summed E-state index contributed by atoms with van der Waals surface area (Å²) >= 11 is 0. The lowest BCUT2D eigenvalue weighted by atomic mass is 9.85. The molecule has 0 saturated carbocycles. The fourth-order valence-corrected chi connectivity index (χ4v) is 3.97. The monoisotopic (exact) mass is 433 g/mol. The molecule has 0 saturated heterocycles. The van der Waals surface area contributed by atoms with Crippen LogP contribution in [0.15, 0.2) is 72.8 Å². The van der Waals surface area contributed by atoms with Crippen LogP contribution in [0.25, 0.3) is 11.0 Å². The minimum atomic E-state index is -1.85. The maximum atomic E-state index is 15.0. The SMILES string of the molecule is CCn1c(C(O)(c2ccccc2)c2ccccc2F)nc2ccc(C(=O)NCCO)cc21. The molecule has 1 unspecified atom stereocenters. The molecule has 0 aliphatic carbocycles. The number of halogens is 1. The van der Waals surface area contributed by atoms with Crippen LogP contribution < -0.4 is 5.32 Å². The topological polar surface area (TPSA) is 87.4 Å². The van der Waals surface area contributed by atoms with Crippen molar-refractivity contribution >= 4 is 16.9 Å². The molecule has 0 radical (unpaired) electrons. The molecule has 0 spiro atoms. The van der Waals surface area contributed by atoms with Gasteiger partial charge in [0.05, 0.1) is 17.6 Å². The summed E-state index contributed by atoms with van der Waals surface area (Å²) in [6.07, 6.45) is 0. The summed E-state index contributed by atoms with van der Waals surface area (Å²) in [5.41, 5.74) is 0.353. The lowest BCUT2D eigenvalue weighted by Crippen LogP contribution is -2.33. The van der Waals surface area contributed by atoms with Gasteiger partial charge in [-0.25, -0.2) is 9.37 Å². The number of aliphatic hydroxyl groups excluding tert-OH is 1. The predicted octanol–water partition coefficient (Wildman–Crippen LogP) is 3.20. The molecular formula is C25H24FN3O3. The summed E-state index contributed by atoms with van der Waals surface area (Å²) in [7, 11) is 0. The van der Waals surface area contributed by atoms with E-state index in [1.807, 2.05) is 13.0 Å². The quantitative estimate of drug-likeness (QED) is 0.418. The summed E-state index contributed by atoms with van der Waals surface area (Å²) in [4.78, 5) is 17.1. The van der Waals surface area contributed by atoms with E-state index in [0.29, 0.717) is 28.7 Å². The van der Waals surface area contributed by atoms with Gasteiger partial charge < -0.3 is 20.1 Å². The Bertz CT molecular complexity index is 1260. The van der Waals surface area contributed by atoms with Gasteiger partial charge in [-0.2, -0.15) is 0 Å². The third kappa shape index (κ3) is 3.66. The Morgan fingerprint density at radius 1 is 1.09 bits per heavy atom. The van der Waals surface area contributed by atoms with Gasteiger partial charge in [-0.3, -0.25) is 4.79 Å². The lowest BCUT2D eigenvalue weighted by molar-refractivity contribution is 0.0945. The molecule has 164 valence electrons. The standard InChI is InChI=1S/C25H24FN3O3/c1-2-29-22-16-17(23(31)27-14-15-30)12-13-21(22)28-24(29)25(32,18-8-4-3-5-9-18)19-10-6-7-11-20(19)26/h3-13,16,30,32H,2,14-15H2,1H3,(H,27,31). The molecule has 4 aromatic rings. The second kappa shape index (κ2) is 8.90. The van der Waals surface area contributed by atoms with E-state index in [4.69, 9.17) is 5.11 Å². The fraction of sp³-hybridized carbons (Fsp3) is 0.200. The summed E-state index contributed by atoms with van der Waals surface area (Å²) in [5, 5.41) is 23.7. The van der Waals surface area contributed by atoms with E-state index in [-0.39, 0.29) is 30.4 Å². The van der Waals surface area contributed by atoms with Crippen molar-refractivity contribution in [3.8, 4) is 0 Å². The Labute approximate surface area is 185 Å². The zero-order valence-electron chi connectivity index (χ0n) is 17.6. The van der Waals surface area contributed by atoms with Crippen molar-refractivity contribution in [1.29, 1.82) is 0 Å². The van der Waals surface area contributed by atoms with Crippen molar-refractivity contribution in [3.05, 3.63) is 101 Å². The Hall–Kier alpha value is -3.55. The maximum absolute atomic E-state index is 15.0. The molecule has 0 aliphatic heterocycles. The average molecular weight is 433 g/mol. The number of fused-ring (bicyclic) bond motifs is 1. The van der Waals surface area contributed by atoms with Gasteiger partial charge >= 0.3 is 0 Å². The van der Waals surface area contributed by atoms with Gasteiger partial charge in [0.1, 0.15) is 5.82 Å². The number of aliphatic hydroxyl groups is 2. The summed E-state index contributed by atoms with van der Waals surface area (Å²) in [6.45, 7) is 2.33. The number of rotatable bonds is 7. The molecule has 0 bridgehead atoms. The number of nitrogens with zero attached hydrogens (tertiary/aromatic N) is 2. The van der Waals surface area contributed by atoms with Crippen LogP contribution in [0.4, 0.5) is 4.39 Å². The number of amides is 1. The van der Waals surface area contributed by atoms with Crippen molar-refractivity contribution in [2.24, 2.45) is 0 Å². The van der Waals surface area contributed by atoms with Gasteiger partial charge in [0.25, 0.3) is 5.91 Å². The smallest absolute Gasteiger partial charge is 0.251 e. The molecule has 1 amide bonds. The van der Waals surface area contributed by atoms with Crippen LogP contribution in [0.2, 0.25) is 0 Å². The zero-order chi connectivity index (χ0) is 22.7. The number of hydrogen-bond acceptors (Lipinski definition) is 4. The van der Waals surface area contributed by atoms with Gasteiger partial charge in [0.15, 0.2) is 11.4 Å². The van der Waals surface area contributed by atoms with Gasteiger partial charge in [-0.05, 0) is 36.8 Å². The van der Waals surface area contributed by atoms with Crippen molar-refractivity contribution in [2.75, 3.05) is 13.2 Å². The van der Waals surface area contributed by atoms with Gasteiger partial charge in [-0.15, -0.1) is 0 Å². The molecule has 4 rings (SSSR count). The van der Waals surface area contributed by atoms with Crippen molar-refractivity contribution in [1.82, 2.24) is 14.9 Å². The Kier molecular flexibility index (Phi) is 6.03. The first-order valence-corrected chi connectivity index (χ1v) is 10.4. The number of imidazole rings is 1. The highest BCUT2D eigenvalue weighted by Crippen LogP contribution is 2.38. The van der Waals surface area contributed by atoms with Crippen LogP contribution in [0.5, 0.6) is 0 Å². The van der Waals surface area contributed by atoms with Crippen LogP contribution in [0.1, 0.15) is 34.2 Å². The van der Waals surface area contributed by atoms with Crippen LogP contribution >= 0.6 is 0 Å². The molecule has 1 aromatic heterocycles. The molecule has 3 N–H and O–H groups in total. The molecule has 7 heteroatoms. The largest absolute Gasteiger partial charge is 0.395 e. The van der Waals surface area contributed by atoms with E-state index < -0.39 is 11.4 Å². The number of hydrogen-bond donors (Lipinski definition) is 3. The molecule has 1 atom stereocenters. The molecule has 6 nitrogen and oxygen atoms in total. The molecule has 3 aromatic carbocycles. The van der Waals surface area contributed by atoms with Crippen molar-refractivity contribution < 1.29 is 19.4 Å². The number of carbonyl (C=O) groups excluding carboxylic acids is 1. The van der Waals surface area contributed by atoms with E-state index in [0.717, 1.165) is 0 Å². The van der Waals surface area contributed by atoms with Crippen LogP contribution in [-0.4, -0.2) is 38.8 Å². The molecule has 32 heavy (non-hydrogen) atoms. The highest BCUT2D eigenvalue weighted by molar-refractivity contribution is 5.97. The Morgan fingerprint density at radius 3 is 2.50 bits per heavy atom. The number of benzene rings is 3. The second-order valence-electron chi connectivity index (χ2n) is 7.42. The number of nitrogens with one attached hydrogen (secondary N) is 1.